The third kappa shape index (κ3) is 4.68. The van der Waals surface area contributed by atoms with E-state index in [1.807, 2.05) is 6.07 Å². The number of rotatable bonds is 6. The number of allylic oxidation sites excluding steroid dienone is 1. The highest BCUT2D eigenvalue weighted by Crippen LogP contribution is 2.22. The summed E-state index contributed by atoms with van der Waals surface area (Å²) in [6.45, 7) is 0.852. The first-order chi connectivity index (χ1) is 11.7. The zero-order chi connectivity index (χ0) is 16.8. The van der Waals surface area contributed by atoms with Crippen molar-refractivity contribution in [3.63, 3.8) is 0 Å². The molecular weight excluding hydrogens is 327 g/mol. The number of benzene rings is 1. The molecule has 4 nitrogen and oxygen atoms in total. The second-order valence-corrected chi connectivity index (χ2v) is 6.21. The molecule has 0 saturated heterocycles. The van der Waals surface area contributed by atoms with Crippen LogP contribution >= 0.6 is 11.6 Å². The van der Waals surface area contributed by atoms with Crippen molar-refractivity contribution in [3.05, 3.63) is 53.0 Å². The van der Waals surface area contributed by atoms with E-state index in [0.717, 1.165) is 18.8 Å². The molecule has 2 N–H and O–H groups in total. The quantitative estimate of drug-likeness (QED) is 0.695. The zero-order valence-electron chi connectivity index (χ0n) is 13.4. The fraction of sp³-hybridized carbons (Fsp3) is 0.333. The monoisotopic (exact) mass is 346 g/mol. The Bertz CT molecular complexity index is 733. The molecule has 0 atom stereocenters. The van der Waals surface area contributed by atoms with Gasteiger partial charge in [-0.05, 0) is 56.4 Å². The van der Waals surface area contributed by atoms with Crippen LogP contribution in [0.4, 0.5) is 21.8 Å². The van der Waals surface area contributed by atoms with Crippen LogP contribution in [0, 0.1) is 5.82 Å². The van der Waals surface area contributed by atoms with Gasteiger partial charge in [-0.15, -0.1) is 0 Å². The number of halogens is 2. The van der Waals surface area contributed by atoms with Crippen LogP contribution in [0.1, 0.15) is 32.1 Å². The Morgan fingerprint density at radius 1 is 1.21 bits per heavy atom. The van der Waals surface area contributed by atoms with Gasteiger partial charge in [0, 0.05) is 18.4 Å². The summed E-state index contributed by atoms with van der Waals surface area (Å²) in [6.07, 6.45) is 10.1. The Labute approximate surface area is 146 Å². The van der Waals surface area contributed by atoms with Crippen molar-refractivity contribution in [1.29, 1.82) is 0 Å². The molecule has 0 fully saturated rings. The first kappa shape index (κ1) is 16.7. The van der Waals surface area contributed by atoms with Crippen molar-refractivity contribution in [2.24, 2.45) is 0 Å². The van der Waals surface area contributed by atoms with Crippen LogP contribution in [-0.2, 0) is 0 Å². The fourth-order valence-electron chi connectivity index (χ4n) is 2.70. The third-order valence-corrected chi connectivity index (χ3v) is 4.26. The van der Waals surface area contributed by atoms with Crippen LogP contribution in [-0.4, -0.2) is 16.5 Å². The maximum Gasteiger partial charge on any atom is 0.229 e. The molecule has 3 rings (SSSR count). The lowest BCUT2D eigenvalue weighted by Gasteiger charge is -2.13. The van der Waals surface area contributed by atoms with Crippen LogP contribution in [0.3, 0.4) is 0 Å². The van der Waals surface area contributed by atoms with Crippen LogP contribution < -0.4 is 10.6 Å². The van der Waals surface area contributed by atoms with Gasteiger partial charge in [0.05, 0.1) is 5.02 Å². The van der Waals surface area contributed by atoms with Gasteiger partial charge in [-0.3, -0.25) is 0 Å². The van der Waals surface area contributed by atoms with Gasteiger partial charge < -0.3 is 10.6 Å². The van der Waals surface area contributed by atoms with E-state index >= 15 is 0 Å². The zero-order valence-corrected chi connectivity index (χ0v) is 14.1. The number of hydrogen-bond donors (Lipinski definition) is 2. The molecule has 6 heteroatoms. The van der Waals surface area contributed by atoms with Crippen molar-refractivity contribution in [2.75, 3.05) is 17.2 Å². The highest BCUT2D eigenvalue weighted by Gasteiger charge is 2.05. The van der Waals surface area contributed by atoms with Gasteiger partial charge in [-0.2, -0.15) is 4.98 Å². The second-order valence-electron chi connectivity index (χ2n) is 5.80. The average molecular weight is 347 g/mol. The second kappa shape index (κ2) is 8.11. The summed E-state index contributed by atoms with van der Waals surface area (Å²) in [4.78, 5) is 8.59. The molecule has 0 spiro atoms. The predicted molar refractivity (Wildman–Crippen MR) is 96.4 cm³/mol. The number of hydrogen-bond acceptors (Lipinski definition) is 4. The van der Waals surface area contributed by atoms with Gasteiger partial charge in [0.15, 0.2) is 0 Å². The van der Waals surface area contributed by atoms with Gasteiger partial charge >= 0.3 is 0 Å². The van der Waals surface area contributed by atoms with Gasteiger partial charge in [-0.25, -0.2) is 9.37 Å². The number of anilines is 3. The van der Waals surface area contributed by atoms with E-state index in [1.54, 1.807) is 12.3 Å². The molecule has 1 aliphatic rings. The van der Waals surface area contributed by atoms with Crippen LogP contribution in [0.15, 0.2) is 42.1 Å². The Balaban J connectivity index is 1.57. The van der Waals surface area contributed by atoms with Crippen LogP contribution in [0.25, 0.3) is 0 Å². The van der Waals surface area contributed by atoms with E-state index in [4.69, 9.17) is 11.6 Å². The lowest BCUT2D eigenvalue weighted by Crippen LogP contribution is -2.07. The molecule has 1 aliphatic carbocycles. The van der Waals surface area contributed by atoms with E-state index in [1.165, 1.54) is 43.4 Å². The molecular formula is C18H20ClFN4. The Morgan fingerprint density at radius 3 is 2.92 bits per heavy atom. The van der Waals surface area contributed by atoms with E-state index < -0.39 is 5.82 Å². The molecule has 24 heavy (non-hydrogen) atoms. The minimum absolute atomic E-state index is 0.0648. The summed E-state index contributed by atoms with van der Waals surface area (Å²) < 4.78 is 13.2. The van der Waals surface area contributed by atoms with Gasteiger partial charge in [-0.1, -0.05) is 23.3 Å². The van der Waals surface area contributed by atoms with Crippen LogP contribution in [0.5, 0.6) is 0 Å². The maximum absolute atomic E-state index is 13.2. The lowest BCUT2D eigenvalue weighted by molar-refractivity contribution is 0.628. The van der Waals surface area contributed by atoms with Crippen molar-refractivity contribution >= 4 is 29.1 Å². The molecule has 2 aromatic rings. The first-order valence-electron chi connectivity index (χ1n) is 8.17. The summed E-state index contributed by atoms with van der Waals surface area (Å²) in [6, 6.07) is 6.25. The smallest absolute Gasteiger partial charge is 0.229 e. The molecule has 1 heterocycles. The third-order valence-electron chi connectivity index (χ3n) is 3.97. The summed E-state index contributed by atoms with van der Waals surface area (Å²) in [7, 11) is 0. The summed E-state index contributed by atoms with van der Waals surface area (Å²) in [5, 5.41) is 6.41. The molecule has 126 valence electrons. The van der Waals surface area contributed by atoms with Gasteiger partial charge in [0.25, 0.3) is 0 Å². The van der Waals surface area contributed by atoms with Gasteiger partial charge in [0.2, 0.25) is 5.95 Å². The molecule has 0 aliphatic heterocycles. The normalized spacial score (nSPS) is 14.2. The highest BCUT2D eigenvalue weighted by molar-refractivity contribution is 6.31. The minimum atomic E-state index is -0.449. The molecule has 0 unspecified atom stereocenters. The first-order valence-corrected chi connectivity index (χ1v) is 8.55. The fourth-order valence-corrected chi connectivity index (χ4v) is 2.88. The van der Waals surface area contributed by atoms with E-state index in [-0.39, 0.29) is 5.02 Å². The predicted octanol–water partition coefficient (Wildman–Crippen LogP) is 5.32. The van der Waals surface area contributed by atoms with Crippen molar-refractivity contribution in [1.82, 2.24) is 9.97 Å². The van der Waals surface area contributed by atoms with E-state index in [9.17, 15) is 4.39 Å². The summed E-state index contributed by atoms with van der Waals surface area (Å²) >= 11 is 5.78. The molecule has 0 saturated carbocycles. The molecule has 0 radical (unpaired) electrons. The van der Waals surface area contributed by atoms with Crippen LogP contribution in [0.2, 0.25) is 5.02 Å². The molecule has 1 aromatic carbocycles. The van der Waals surface area contributed by atoms with Crippen molar-refractivity contribution < 1.29 is 4.39 Å². The van der Waals surface area contributed by atoms with Gasteiger partial charge in [0.1, 0.15) is 11.6 Å². The lowest BCUT2D eigenvalue weighted by atomic mass is 9.97. The topological polar surface area (TPSA) is 49.8 Å². The molecule has 0 amide bonds. The minimum Gasteiger partial charge on any atom is -0.370 e. The molecule has 1 aromatic heterocycles. The van der Waals surface area contributed by atoms with Crippen molar-refractivity contribution in [3.8, 4) is 0 Å². The van der Waals surface area contributed by atoms with Crippen molar-refractivity contribution in [2.45, 2.75) is 32.1 Å². The van der Waals surface area contributed by atoms with E-state index in [2.05, 4.69) is 26.7 Å². The standard InChI is InChI=1S/C18H20ClFN4/c19-15-12-14(6-7-16(15)20)23-18-22-11-9-17(24-18)21-10-8-13-4-2-1-3-5-13/h4,6-7,9,11-12H,1-3,5,8,10H2,(H2,21,22,23,24). The number of nitrogens with zero attached hydrogens (tertiary/aromatic N) is 2. The Hall–Kier alpha value is -2.14. The Kier molecular flexibility index (Phi) is 5.64. The molecule has 0 bridgehead atoms. The summed E-state index contributed by atoms with van der Waals surface area (Å²) in [5.74, 6) is 0.757. The SMILES string of the molecule is Fc1ccc(Nc2nccc(NCCC3=CCCCC3)n2)cc1Cl. The summed E-state index contributed by atoms with van der Waals surface area (Å²) in [5.41, 5.74) is 2.17. The van der Waals surface area contributed by atoms with E-state index in [0.29, 0.717) is 11.6 Å². The largest absolute Gasteiger partial charge is 0.370 e. The number of aromatic nitrogens is 2. The highest BCUT2D eigenvalue weighted by atomic mass is 35.5. The number of nitrogens with one attached hydrogen (secondary N) is 2. The average Bonchev–Trinajstić information content (AvgIpc) is 2.60. The maximum atomic E-state index is 13.2. The Morgan fingerprint density at radius 2 is 2.12 bits per heavy atom.